The fraction of sp³-hybridized carbons (Fsp3) is 0.318. The van der Waals surface area contributed by atoms with Crippen LogP contribution in [0.15, 0.2) is 33.5 Å². The van der Waals surface area contributed by atoms with Gasteiger partial charge in [0.15, 0.2) is 6.73 Å². The summed E-state index contributed by atoms with van der Waals surface area (Å²) in [5, 5.41) is 1.28. The Labute approximate surface area is 185 Å². The number of nitrogens with zero attached hydrogens (tertiary/aromatic N) is 1. The van der Waals surface area contributed by atoms with Gasteiger partial charge >= 0.3 is 11.8 Å². The molecule has 0 spiro atoms. The Morgan fingerprint density at radius 1 is 0.968 bits per heavy atom. The summed E-state index contributed by atoms with van der Waals surface area (Å²) in [6, 6.07) is 4.88. The van der Waals surface area contributed by atoms with Crippen LogP contribution in [0.3, 0.4) is 0 Å². The van der Waals surface area contributed by atoms with Crippen molar-refractivity contribution >= 4 is 39.9 Å². The maximum absolute atomic E-state index is 13.2. The van der Waals surface area contributed by atoms with Crippen molar-refractivity contribution in [3.8, 4) is 5.75 Å². The highest BCUT2D eigenvalue weighted by Gasteiger charge is 2.33. The number of hydrogen-bond acceptors (Lipinski definition) is 4. The average Bonchev–Trinajstić information content (AvgIpc) is 2.74. The molecule has 0 saturated carbocycles. The van der Waals surface area contributed by atoms with Crippen LogP contribution in [0, 0.1) is 0 Å². The molecular weight excluding hydrogens is 454 g/mol. The number of rotatable bonds is 1. The molecule has 5 rings (SSSR count). The van der Waals surface area contributed by atoms with E-state index in [-0.39, 0.29) is 29.6 Å². The van der Waals surface area contributed by atoms with Crippen molar-refractivity contribution in [2.24, 2.45) is 0 Å². The number of aryl methyl sites for hydroxylation is 1. The molecule has 1 aliphatic heterocycles. The van der Waals surface area contributed by atoms with Crippen LogP contribution in [0.2, 0.25) is 10.0 Å². The monoisotopic (exact) mass is 469 g/mol. The van der Waals surface area contributed by atoms with Gasteiger partial charge in [-0.2, -0.15) is 13.2 Å². The molecule has 0 radical (unpaired) electrons. The Morgan fingerprint density at radius 3 is 2.45 bits per heavy atom. The maximum atomic E-state index is 13.2. The van der Waals surface area contributed by atoms with Crippen LogP contribution < -0.4 is 15.3 Å². The minimum absolute atomic E-state index is 0.0472. The first kappa shape index (κ1) is 20.5. The quantitative estimate of drug-likeness (QED) is 0.389. The smallest absolute Gasteiger partial charge is 0.416 e. The molecule has 0 fully saturated rings. The lowest BCUT2D eigenvalue weighted by Gasteiger charge is -2.32. The number of alkyl halides is 3. The Bertz CT molecular complexity index is 1270. The van der Waals surface area contributed by atoms with Gasteiger partial charge in [-0.25, -0.2) is 4.79 Å². The third kappa shape index (κ3) is 3.44. The van der Waals surface area contributed by atoms with Crippen molar-refractivity contribution in [2.45, 2.75) is 38.4 Å². The molecule has 2 aliphatic rings. The first-order valence-electron chi connectivity index (χ1n) is 9.78. The highest BCUT2D eigenvalue weighted by molar-refractivity contribution is 6.33. The molecule has 2 aromatic carbocycles. The Hall–Kier alpha value is -2.38. The van der Waals surface area contributed by atoms with Gasteiger partial charge in [0.05, 0.1) is 33.4 Å². The molecule has 3 aromatic rings. The largest absolute Gasteiger partial charge is 0.471 e. The van der Waals surface area contributed by atoms with Crippen molar-refractivity contribution < 1.29 is 22.3 Å². The molecule has 162 valence electrons. The highest BCUT2D eigenvalue weighted by atomic mass is 35.5. The van der Waals surface area contributed by atoms with Crippen molar-refractivity contribution in [3.63, 3.8) is 0 Å². The van der Waals surface area contributed by atoms with Gasteiger partial charge in [-0.15, -0.1) is 0 Å². The van der Waals surface area contributed by atoms with Crippen LogP contribution in [-0.4, -0.2) is 6.73 Å². The summed E-state index contributed by atoms with van der Waals surface area (Å²) in [4.78, 5) is 14.2. The molecule has 0 bridgehead atoms. The lowest BCUT2D eigenvalue weighted by atomic mass is 9.90. The fourth-order valence-corrected chi connectivity index (χ4v) is 4.87. The van der Waals surface area contributed by atoms with Gasteiger partial charge in [-0.1, -0.05) is 23.2 Å². The number of ether oxygens (including phenoxy) is 1. The van der Waals surface area contributed by atoms with E-state index in [9.17, 15) is 18.0 Å². The van der Waals surface area contributed by atoms with Crippen LogP contribution in [-0.2, 0) is 25.6 Å². The summed E-state index contributed by atoms with van der Waals surface area (Å²) in [6.45, 7) is 0.0869. The van der Waals surface area contributed by atoms with Crippen molar-refractivity contribution in [2.75, 3.05) is 11.6 Å². The minimum atomic E-state index is -4.50. The van der Waals surface area contributed by atoms with Gasteiger partial charge in [0.1, 0.15) is 11.3 Å². The number of halogens is 5. The first-order chi connectivity index (χ1) is 14.7. The molecule has 31 heavy (non-hydrogen) atoms. The molecule has 4 nitrogen and oxygen atoms in total. The van der Waals surface area contributed by atoms with E-state index in [2.05, 4.69) is 0 Å². The van der Waals surface area contributed by atoms with Gasteiger partial charge in [0.2, 0.25) is 0 Å². The van der Waals surface area contributed by atoms with Crippen LogP contribution in [0.5, 0.6) is 5.75 Å². The number of fused-ring (bicyclic) bond motifs is 5. The third-order valence-electron chi connectivity index (χ3n) is 5.84. The topological polar surface area (TPSA) is 42.7 Å². The lowest BCUT2D eigenvalue weighted by molar-refractivity contribution is -0.137. The van der Waals surface area contributed by atoms with Gasteiger partial charge in [0, 0.05) is 10.9 Å². The summed E-state index contributed by atoms with van der Waals surface area (Å²) in [5.74, 6) is 0.368. The van der Waals surface area contributed by atoms with Crippen LogP contribution in [0.4, 0.5) is 18.9 Å². The average molecular weight is 470 g/mol. The first-order valence-corrected chi connectivity index (χ1v) is 10.5. The maximum Gasteiger partial charge on any atom is 0.416 e. The molecule has 2 heterocycles. The standard InChI is InChI=1S/C22H16Cl2F3NO3/c23-16-6-5-11(22(25,26)27)7-18(16)28-9-15-19-14(8-17(24)20(15)30-10-28)12-3-1-2-4-13(12)21(29)31-19/h5-8H,1-4,9-10H2. The zero-order chi connectivity index (χ0) is 21.9. The summed E-state index contributed by atoms with van der Waals surface area (Å²) >= 11 is 12.7. The molecule has 0 amide bonds. The van der Waals surface area contributed by atoms with E-state index in [0.29, 0.717) is 33.9 Å². The van der Waals surface area contributed by atoms with E-state index in [1.54, 1.807) is 11.0 Å². The second-order valence-corrected chi connectivity index (χ2v) is 8.55. The van der Waals surface area contributed by atoms with Crippen LogP contribution >= 0.6 is 23.2 Å². The molecule has 1 aliphatic carbocycles. The molecule has 0 atom stereocenters. The SMILES string of the molecule is O=c1oc2c3c(c(Cl)cc2c2c1CCCC2)OCN(c1cc(C(F)(F)F)ccc1Cl)C3. The molecule has 9 heteroatoms. The second kappa shape index (κ2) is 7.35. The number of benzene rings is 2. The fourth-order valence-electron chi connectivity index (χ4n) is 4.36. The zero-order valence-electron chi connectivity index (χ0n) is 16.1. The predicted molar refractivity (Wildman–Crippen MR) is 112 cm³/mol. The summed E-state index contributed by atoms with van der Waals surface area (Å²) in [7, 11) is 0. The lowest BCUT2D eigenvalue weighted by Crippen LogP contribution is -2.33. The van der Waals surface area contributed by atoms with Gasteiger partial charge in [-0.3, -0.25) is 0 Å². The Morgan fingerprint density at radius 2 is 1.71 bits per heavy atom. The molecule has 1 aromatic heterocycles. The van der Waals surface area contributed by atoms with Crippen molar-refractivity contribution in [3.05, 3.63) is 67.0 Å². The van der Waals surface area contributed by atoms with Gasteiger partial charge < -0.3 is 14.1 Å². The molecular formula is C22H16Cl2F3NO3. The summed E-state index contributed by atoms with van der Waals surface area (Å²) in [6.07, 6.45) is -1.22. The van der Waals surface area contributed by atoms with E-state index in [4.69, 9.17) is 32.4 Å². The Balaban J connectivity index is 1.65. The normalized spacial score (nSPS) is 16.1. The van der Waals surface area contributed by atoms with Gasteiger partial charge in [0.25, 0.3) is 0 Å². The van der Waals surface area contributed by atoms with Crippen molar-refractivity contribution in [1.29, 1.82) is 0 Å². The van der Waals surface area contributed by atoms with Gasteiger partial charge in [-0.05, 0) is 55.5 Å². The van der Waals surface area contributed by atoms with Crippen LogP contribution in [0.25, 0.3) is 11.0 Å². The van der Waals surface area contributed by atoms with E-state index in [0.717, 1.165) is 42.3 Å². The minimum Gasteiger partial charge on any atom is -0.471 e. The van der Waals surface area contributed by atoms with E-state index in [1.807, 2.05) is 0 Å². The second-order valence-electron chi connectivity index (χ2n) is 7.73. The highest BCUT2D eigenvalue weighted by Crippen LogP contribution is 2.43. The summed E-state index contributed by atoms with van der Waals surface area (Å²) < 4.78 is 51.1. The van der Waals surface area contributed by atoms with Crippen molar-refractivity contribution in [1.82, 2.24) is 0 Å². The Kier molecular flexibility index (Phi) is 4.86. The molecule has 0 unspecified atom stereocenters. The number of anilines is 1. The number of hydrogen-bond donors (Lipinski definition) is 0. The third-order valence-corrected chi connectivity index (χ3v) is 6.44. The molecule has 0 saturated heterocycles. The van der Waals surface area contributed by atoms with E-state index in [1.165, 1.54) is 6.07 Å². The molecule has 0 N–H and O–H groups in total. The van der Waals surface area contributed by atoms with Crippen LogP contribution in [0.1, 0.15) is 35.1 Å². The predicted octanol–water partition coefficient (Wildman–Crippen LogP) is 6.35. The van der Waals surface area contributed by atoms with E-state index < -0.39 is 11.7 Å². The van der Waals surface area contributed by atoms with E-state index >= 15 is 0 Å². The summed E-state index contributed by atoms with van der Waals surface area (Å²) in [5.41, 5.74) is 1.46. The zero-order valence-corrected chi connectivity index (χ0v) is 17.6.